The lowest BCUT2D eigenvalue weighted by Crippen LogP contribution is -2.46. The number of benzene rings is 1. The Morgan fingerprint density at radius 3 is 3.06 bits per heavy atom. The van der Waals surface area contributed by atoms with Crippen LogP contribution in [-0.4, -0.2) is 23.6 Å². The van der Waals surface area contributed by atoms with Gasteiger partial charge in [0.25, 0.3) is 5.91 Å². The molecule has 1 aromatic heterocycles. The quantitative estimate of drug-likeness (QED) is 0.636. The number of H-pyrrole nitrogens is 1. The Labute approximate surface area is 105 Å². The molecule has 0 bridgehead atoms. The molecule has 0 radical (unpaired) electrons. The highest BCUT2D eigenvalue weighted by molar-refractivity contribution is 6.06. The minimum Gasteiger partial charge on any atom is -0.361 e. The minimum absolute atomic E-state index is 0.0216. The maximum Gasteiger partial charge on any atom is 0.253 e. The zero-order chi connectivity index (χ0) is 12.5. The molecule has 0 aliphatic carbocycles. The fraction of sp³-hybridized carbons (Fsp3) is 0.308. The number of nitrogens with one attached hydrogen (secondary N) is 4. The van der Waals surface area contributed by atoms with Crippen molar-refractivity contribution in [3.63, 3.8) is 0 Å². The summed E-state index contributed by atoms with van der Waals surface area (Å²) < 4.78 is 0. The number of hydrogen-bond acceptors (Lipinski definition) is 3. The van der Waals surface area contributed by atoms with Gasteiger partial charge in [0.1, 0.15) is 0 Å². The first-order valence-corrected chi connectivity index (χ1v) is 6.11. The fourth-order valence-corrected chi connectivity index (χ4v) is 2.27. The standard InChI is InChI=1S/C13H16N4O/c1-8-7-15-17-12(8)16-13(18)10-3-2-4-11-9(10)5-6-14-11/h2-6,8,12,14-15,17H,7H2,1H3,(H,16,18). The van der Waals surface area contributed by atoms with Crippen LogP contribution >= 0.6 is 0 Å². The SMILES string of the molecule is CC1CNNC1NC(=O)c1cccc2[nH]ccc12. The molecule has 3 rings (SSSR count). The Morgan fingerprint density at radius 2 is 2.28 bits per heavy atom. The predicted molar refractivity (Wildman–Crippen MR) is 69.9 cm³/mol. The fourth-order valence-electron chi connectivity index (χ4n) is 2.27. The zero-order valence-corrected chi connectivity index (χ0v) is 10.2. The lowest BCUT2D eigenvalue weighted by molar-refractivity contribution is 0.0925. The van der Waals surface area contributed by atoms with Crippen molar-refractivity contribution < 1.29 is 4.79 Å². The number of aromatic nitrogens is 1. The number of aromatic amines is 1. The Morgan fingerprint density at radius 1 is 1.39 bits per heavy atom. The van der Waals surface area contributed by atoms with Crippen LogP contribution in [0.4, 0.5) is 0 Å². The van der Waals surface area contributed by atoms with Gasteiger partial charge in [-0.05, 0) is 18.2 Å². The van der Waals surface area contributed by atoms with E-state index >= 15 is 0 Å². The number of rotatable bonds is 2. The maximum absolute atomic E-state index is 12.3. The van der Waals surface area contributed by atoms with E-state index in [9.17, 15) is 4.79 Å². The highest BCUT2D eigenvalue weighted by Crippen LogP contribution is 2.17. The first-order chi connectivity index (χ1) is 8.75. The second kappa shape index (κ2) is 4.44. The molecule has 0 spiro atoms. The van der Waals surface area contributed by atoms with Gasteiger partial charge in [-0.2, -0.15) is 0 Å². The van der Waals surface area contributed by atoms with Crippen molar-refractivity contribution in [2.45, 2.75) is 13.1 Å². The van der Waals surface area contributed by atoms with Crippen LogP contribution < -0.4 is 16.2 Å². The van der Waals surface area contributed by atoms with E-state index in [1.807, 2.05) is 30.5 Å². The topological polar surface area (TPSA) is 68.9 Å². The molecule has 1 aliphatic heterocycles. The summed E-state index contributed by atoms with van der Waals surface area (Å²) in [5.74, 6) is 0.327. The van der Waals surface area contributed by atoms with Crippen molar-refractivity contribution in [2.24, 2.45) is 5.92 Å². The summed E-state index contributed by atoms with van der Waals surface area (Å²) in [5, 5.41) is 3.95. The first-order valence-electron chi connectivity index (χ1n) is 6.11. The van der Waals surface area contributed by atoms with Gasteiger partial charge >= 0.3 is 0 Å². The molecule has 4 N–H and O–H groups in total. The molecule has 1 aromatic carbocycles. The second-order valence-corrected chi connectivity index (χ2v) is 4.70. The molecule has 1 amide bonds. The zero-order valence-electron chi connectivity index (χ0n) is 10.2. The van der Waals surface area contributed by atoms with Crippen LogP contribution in [0.2, 0.25) is 0 Å². The van der Waals surface area contributed by atoms with E-state index in [1.165, 1.54) is 0 Å². The second-order valence-electron chi connectivity index (χ2n) is 4.70. The number of carbonyl (C=O) groups excluding carboxylic acids is 1. The summed E-state index contributed by atoms with van der Waals surface area (Å²) in [7, 11) is 0. The summed E-state index contributed by atoms with van der Waals surface area (Å²) in [6.45, 7) is 2.95. The summed E-state index contributed by atoms with van der Waals surface area (Å²) in [5.41, 5.74) is 7.78. The third-order valence-corrected chi connectivity index (χ3v) is 3.38. The molecule has 2 unspecified atom stereocenters. The van der Waals surface area contributed by atoms with Gasteiger partial charge in [0.15, 0.2) is 0 Å². The van der Waals surface area contributed by atoms with E-state index in [4.69, 9.17) is 0 Å². The van der Waals surface area contributed by atoms with Crippen LogP contribution in [0.15, 0.2) is 30.5 Å². The Hall–Kier alpha value is -1.85. The highest BCUT2D eigenvalue weighted by Gasteiger charge is 2.24. The maximum atomic E-state index is 12.3. The van der Waals surface area contributed by atoms with E-state index in [1.54, 1.807) is 0 Å². The molecule has 1 fully saturated rings. The largest absolute Gasteiger partial charge is 0.361 e. The third-order valence-electron chi connectivity index (χ3n) is 3.38. The Balaban J connectivity index is 1.85. The van der Waals surface area contributed by atoms with Crippen molar-refractivity contribution in [1.29, 1.82) is 0 Å². The summed E-state index contributed by atoms with van der Waals surface area (Å²) >= 11 is 0. The number of fused-ring (bicyclic) bond motifs is 1. The molecule has 2 atom stereocenters. The molecular weight excluding hydrogens is 228 g/mol. The number of hydrogen-bond donors (Lipinski definition) is 4. The van der Waals surface area contributed by atoms with E-state index < -0.39 is 0 Å². The van der Waals surface area contributed by atoms with Gasteiger partial charge in [-0.15, -0.1) is 0 Å². The van der Waals surface area contributed by atoms with Gasteiger partial charge in [-0.1, -0.05) is 13.0 Å². The number of amides is 1. The molecule has 1 aliphatic rings. The number of carbonyl (C=O) groups is 1. The van der Waals surface area contributed by atoms with Gasteiger partial charge < -0.3 is 10.3 Å². The summed E-state index contributed by atoms with van der Waals surface area (Å²) in [6, 6.07) is 7.62. The first kappa shape index (κ1) is 11.3. The van der Waals surface area contributed by atoms with Gasteiger partial charge in [0.2, 0.25) is 0 Å². The Bertz CT molecular complexity index is 577. The molecular formula is C13H16N4O. The lowest BCUT2D eigenvalue weighted by Gasteiger charge is -2.16. The number of hydrazine groups is 1. The average Bonchev–Trinajstić information content (AvgIpc) is 2.98. The minimum atomic E-state index is -0.0479. The van der Waals surface area contributed by atoms with Gasteiger partial charge in [-0.25, -0.2) is 5.43 Å². The predicted octanol–water partition coefficient (Wildman–Crippen LogP) is 0.968. The summed E-state index contributed by atoms with van der Waals surface area (Å²) in [6.07, 6.45) is 1.83. The van der Waals surface area contributed by atoms with Crippen molar-refractivity contribution in [3.05, 3.63) is 36.0 Å². The van der Waals surface area contributed by atoms with Crippen LogP contribution in [0.25, 0.3) is 10.9 Å². The van der Waals surface area contributed by atoms with E-state index in [2.05, 4.69) is 28.1 Å². The summed E-state index contributed by atoms with van der Waals surface area (Å²) in [4.78, 5) is 15.4. The van der Waals surface area contributed by atoms with E-state index in [0.717, 1.165) is 17.4 Å². The van der Waals surface area contributed by atoms with Crippen molar-refractivity contribution in [2.75, 3.05) is 6.54 Å². The molecule has 1 saturated heterocycles. The van der Waals surface area contributed by atoms with Crippen molar-refractivity contribution >= 4 is 16.8 Å². The van der Waals surface area contributed by atoms with Gasteiger partial charge in [0, 0.05) is 35.1 Å². The van der Waals surface area contributed by atoms with Crippen LogP contribution in [0.1, 0.15) is 17.3 Å². The molecule has 2 aromatic rings. The molecule has 5 nitrogen and oxygen atoms in total. The third kappa shape index (κ3) is 1.87. The van der Waals surface area contributed by atoms with Crippen LogP contribution in [-0.2, 0) is 0 Å². The Kier molecular flexibility index (Phi) is 2.77. The van der Waals surface area contributed by atoms with E-state index in [-0.39, 0.29) is 12.1 Å². The molecule has 18 heavy (non-hydrogen) atoms. The van der Waals surface area contributed by atoms with Crippen LogP contribution in [0.5, 0.6) is 0 Å². The molecule has 2 heterocycles. The molecule has 5 heteroatoms. The van der Waals surface area contributed by atoms with E-state index in [0.29, 0.717) is 11.5 Å². The van der Waals surface area contributed by atoms with Crippen LogP contribution in [0.3, 0.4) is 0 Å². The average molecular weight is 244 g/mol. The van der Waals surface area contributed by atoms with Crippen LogP contribution in [0, 0.1) is 5.92 Å². The smallest absolute Gasteiger partial charge is 0.253 e. The molecule has 94 valence electrons. The van der Waals surface area contributed by atoms with Gasteiger partial charge in [0.05, 0.1) is 6.17 Å². The van der Waals surface area contributed by atoms with Crippen molar-refractivity contribution in [3.8, 4) is 0 Å². The monoisotopic (exact) mass is 244 g/mol. The van der Waals surface area contributed by atoms with Crippen molar-refractivity contribution in [1.82, 2.24) is 21.2 Å². The lowest BCUT2D eigenvalue weighted by atomic mass is 10.1. The molecule has 0 saturated carbocycles. The van der Waals surface area contributed by atoms with Gasteiger partial charge in [-0.3, -0.25) is 10.2 Å². The normalized spacial score (nSPS) is 23.4. The highest BCUT2D eigenvalue weighted by atomic mass is 16.1.